The number of methoxy groups -OCH3 is 1. The first kappa shape index (κ1) is 30.1. The van der Waals surface area contributed by atoms with E-state index in [0.29, 0.717) is 31.1 Å². The molecular formula is C34H40FN5O3. The number of para-hydroxylation sites is 1. The Labute approximate surface area is 252 Å². The molecule has 1 aromatic heterocycles. The van der Waals surface area contributed by atoms with Crippen LogP contribution in [0.1, 0.15) is 48.3 Å². The molecule has 3 N–H and O–H groups in total. The highest BCUT2D eigenvalue weighted by atomic mass is 19.1. The predicted octanol–water partition coefficient (Wildman–Crippen LogP) is 6.08. The van der Waals surface area contributed by atoms with E-state index in [0.717, 1.165) is 40.4 Å². The lowest BCUT2D eigenvalue weighted by atomic mass is 9.89. The van der Waals surface area contributed by atoms with Crippen LogP contribution >= 0.6 is 0 Å². The molecular weight excluding hydrogens is 545 g/mol. The third kappa shape index (κ3) is 7.00. The number of benzene rings is 3. The van der Waals surface area contributed by atoms with Gasteiger partial charge in [0.15, 0.2) is 0 Å². The number of aromatic nitrogens is 1. The van der Waals surface area contributed by atoms with E-state index in [2.05, 4.69) is 20.5 Å². The summed E-state index contributed by atoms with van der Waals surface area (Å²) >= 11 is 0. The number of carbonyl (C=O) groups is 2. The Morgan fingerprint density at radius 1 is 1.07 bits per heavy atom. The second-order valence-corrected chi connectivity index (χ2v) is 11.6. The molecule has 5 rings (SSSR count). The molecule has 1 saturated heterocycles. The average molecular weight is 586 g/mol. The van der Waals surface area contributed by atoms with Gasteiger partial charge in [-0.3, -0.25) is 4.79 Å². The number of piperidine rings is 1. The van der Waals surface area contributed by atoms with Crippen molar-refractivity contribution in [3.8, 4) is 5.75 Å². The van der Waals surface area contributed by atoms with E-state index >= 15 is 0 Å². The van der Waals surface area contributed by atoms with Crippen molar-refractivity contribution in [1.82, 2.24) is 20.1 Å². The highest BCUT2D eigenvalue weighted by molar-refractivity contribution is 5.99. The van der Waals surface area contributed by atoms with E-state index in [1.54, 1.807) is 12.0 Å². The van der Waals surface area contributed by atoms with Crippen molar-refractivity contribution in [2.75, 3.05) is 39.6 Å². The van der Waals surface area contributed by atoms with Crippen LogP contribution in [0, 0.1) is 5.82 Å². The first-order chi connectivity index (χ1) is 20.7. The summed E-state index contributed by atoms with van der Waals surface area (Å²) in [5.41, 5.74) is 4.57. The van der Waals surface area contributed by atoms with Gasteiger partial charge in [-0.25, -0.2) is 9.18 Å². The summed E-state index contributed by atoms with van der Waals surface area (Å²) in [6.45, 7) is 3.75. The monoisotopic (exact) mass is 585 g/mol. The number of nitrogens with one attached hydrogen (secondary N) is 3. The normalized spacial score (nSPS) is 15.3. The van der Waals surface area contributed by atoms with Gasteiger partial charge in [0.1, 0.15) is 17.6 Å². The van der Waals surface area contributed by atoms with Crippen molar-refractivity contribution in [1.29, 1.82) is 0 Å². The summed E-state index contributed by atoms with van der Waals surface area (Å²) in [6.07, 6.45) is 3.45. The number of nitrogens with zero attached hydrogens (tertiary/aromatic N) is 2. The fourth-order valence-electron chi connectivity index (χ4n) is 5.97. The number of halogens is 1. The molecule has 0 saturated carbocycles. The van der Waals surface area contributed by atoms with Gasteiger partial charge in [0.2, 0.25) is 5.91 Å². The number of hydrogen-bond donors (Lipinski definition) is 3. The first-order valence-electron chi connectivity index (χ1n) is 14.7. The third-order valence-corrected chi connectivity index (χ3v) is 8.32. The molecule has 3 aromatic carbocycles. The number of likely N-dealkylation sites (tertiary alicyclic amines) is 1. The Morgan fingerprint density at radius 2 is 1.79 bits per heavy atom. The molecule has 43 heavy (non-hydrogen) atoms. The van der Waals surface area contributed by atoms with Gasteiger partial charge < -0.3 is 30.2 Å². The Morgan fingerprint density at radius 3 is 2.49 bits per heavy atom. The molecule has 3 amide bonds. The smallest absolute Gasteiger partial charge is 0.318 e. The minimum absolute atomic E-state index is 0.253. The lowest BCUT2D eigenvalue weighted by Gasteiger charge is -2.34. The van der Waals surface area contributed by atoms with Crippen molar-refractivity contribution < 1.29 is 18.7 Å². The number of hydrogen-bond acceptors (Lipinski definition) is 4. The van der Waals surface area contributed by atoms with E-state index in [-0.39, 0.29) is 29.6 Å². The van der Waals surface area contributed by atoms with Gasteiger partial charge in [-0.05, 0) is 79.9 Å². The largest absolute Gasteiger partial charge is 0.495 e. The van der Waals surface area contributed by atoms with Crippen LogP contribution in [0.2, 0.25) is 0 Å². The SMILES string of the molecule is COc1ccc(CN(C)C)cc1NC(=O)[C@H](NC(=O)N1CCC(c2ccc(F)cc2)CC1)[C@H](C)c1c[nH]c2ccccc12. The van der Waals surface area contributed by atoms with Crippen molar-refractivity contribution in [3.05, 3.63) is 95.4 Å². The van der Waals surface area contributed by atoms with Crippen molar-refractivity contribution in [2.24, 2.45) is 0 Å². The Hall–Kier alpha value is -4.37. The van der Waals surface area contributed by atoms with Crippen molar-refractivity contribution in [3.63, 3.8) is 0 Å². The van der Waals surface area contributed by atoms with Crippen molar-refractivity contribution >= 4 is 28.5 Å². The van der Waals surface area contributed by atoms with Crippen LogP contribution in [-0.2, 0) is 11.3 Å². The number of urea groups is 1. The molecule has 4 aromatic rings. The molecule has 1 aliphatic heterocycles. The molecule has 2 atom stereocenters. The Balaban J connectivity index is 1.37. The number of fused-ring (bicyclic) bond motifs is 1. The summed E-state index contributed by atoms with van der Waals surface area (Å²) in [7, 11) is 5.54. The molecule has 0 radical (unpaired) electrons. The van der Waals surface area contributed by atoms with Crippen LogP contribution in [0.25, 0.3) is 10.9 Å². The molecule has 0 bridgehead atoms. The number of rotatable bonds is 9. The van der Waals surface area contributed by atoms with Gasteiger partial charge in [0, 0.05) is 42.7 Å². The summed E-state index contributed by atoms with van der Waals surface area (Å²) in [6, 6.07) is 19.1. The zero-order chi connectivity index (χ0) is 30.5. The number of ether oxygens (including phenoxy) is 1. The number of carbonyl (C=O) groups excluding carboxylic acids is 2. The van der Waals surface area contributed by atoms with Crippen LogP contribution < -0.4 is 15.4 Å². The average Bonchev–Trinajstić information content (AvgIpc) is 3.44. The zero-order valence-electron chi connectivity index (χ0n) is 25.2. The number of amides is 3. The second-order valence-electron chi connectivity index (χ2n) is 11.6. The molecule has 1 fully saturated rings. The first-order valence-corrected chi connectivity index (χ1v) is 14.7. The molecule has 226 valence electrons. The highest BCUT2D eigenvalue weighted by Gasteiger charge is 2.33. The fourth-order valence-corrected chi connectivity index (χ4v) is 5.97. The maximum absolute atomic E-state index is 14.0. The molecule has 0 aliphatic carbocycles. The van der Waals surface area contributed by atoms with Crippen LogP contribution in [0.3, 0.4) is 0 Å². The number of aromatic amines is 1. The van der Waals surface area contributed by atoms with Gasteiger partial charge >= 0.3 is 6.03 Å². The van der Waals surface area contributed by atoms with Gasteiger partial charge in [0.25, 0.3) is 0 Å². The predicted molar refractivity (Wildman–Crippen MR) is 168 cm³/mol. The lowest BCUT2D eigenvalue weighted by Crippen LogP contribution is -2.53. The summed E-state index contributed by atoms with van der Waals surface area (Å²) in [5, 5.41) is 7.13. The lowest BCUT2D eigenvalue weighted by molar-refractivity contribution is -0.118. The van der Waals surface area contributed by atoms with Gasteiger partial charge in [-0.2, -0.15) is 0 Å². The molecule has 1 aliphatic rings. The summed E-state index contributed by atoms with van der Waals surface area (Å²) < 4.78 is 19.0. The zero-order valence-corrected chi connectivity index (χ0v) is 25.2. The topological polar surface area (TPSA) is 89.7 Å². The molecule has 0 spiro atoms. The Bertz CT molecular complexity index is 1560. The van der Waals surface area contributed by atoms with Gasteiger partial charge in [0.05, 0.1) is 12.8 Å². The van der Waals surface area contributed by atoms with E-state index in [9.17, 15) is 14.0 Å². The quantitative estimate of drug-likeness (QED) is 0.222. The van der Waals surface area contributed by atoms with E-state index < -0.39 is 6.04 Å². The molecule has 2 heterocycles. The maximum atomic E-state index is 14.0. The molecule has 8 nitrogen and oxygen atoms in total. The van der Waals surface area contributed by atoms with Crippen molar-refractivity contribution in [2.45, 2.75) is 44.2 Å². The Kier molecular flexibility index (Phi) is 9.31. The van der Waals surface area contributed by atoms with E-state index in [1.165, 1.54) is 12.1 Å². The summed E-state index contributed by atoms with van der Waals surface area (Å²) in [4.78, 5) is 34.8. The molecule has 0 unspecified atom stereocenters. The van der Waals surface area contributed by atoms with E-state index in [4.69, 9.17) is 4.74 Å². The number of anilines is 1. The van der Waals surface area contributed by atoms with Crippen LogP contribution in [0.4, 0.5) is 14.9 Å². The highest BCUT2D eigenvalue weighted by Crippen LogP contribution is 2.32. The van der Waals surface area contributed by atoms with Gasteiger partial charge in [-0.1, -0.05) is 43.3 Å². The van der Waals surface area contributed by atoms with Crippen LogP contribution in [-0.4, -0.2) is 67.1 Å². The minimum Gasteiger partial charge on any atom is -0.495 e. The standard InChI is InChI=1S/C34H40FN5O3/c1-22(28-20-36-29-8-6-5-7-27(28)29)32(33(41)37-30-19-23(21-39(2)3)9-14-31(30)43-4)38-34(42)40-17-15-25(16-18-40)24-10-12-26(35)13-11-24/h5-14,19-20,22,25,32,36H,15-18,21H2,1-4H3,(H,37,41)(H,38,42)/t22-,32-/m1/s1. The number of H-pyrrole nitrogens is 1. The second kappa shape index (κ2) is 13.3. The summed E-state index contributed by atoms with van der Waals surface area (Å²) in [5.74, 6) is -0.115. The minimum atomic E-state index is -0.858. The van der Waals surface area contributed by atoms with Crippen LogP contribution in [0.5, 0.6) is 5.75 Å². The third-order valence-electron chi connectivity index (χ3n) is 8.32. The van der Waals surface area contributed by atoms with E-state index in [1.807, 2.05) is 81.8 Å². The van der Waals surface area contributed by atoms with Crippen LogP contribution in [0.15, 0.2) is 72.9 Å². The molecule has 9 heteroatoms. The van der Waals surface area contributed by atoms with Gasteiger partial charge in [-0.15, -0.1) is 0 Å². The maximum Gasteiger partial charge on any atom is 0.318 e. The fraction of sp³-hybridized carbons (Fsp3) is 0.353.